The molecule has 1 aromatic carbocycles. The molecule has 2 N–H and O–H groups in total. The second-order valence-corrected chi connectivity index (χ2v) is 5.29. The molecule has 102 valence electrons. The number of rotatable bonds is 2. The van der Waals surface area contributed by atoms with Gasteiger partial charge in [0, 0.05) is 6.04 Å². The Balaban J connectivity index is 3.36. The number of benzene rings is 1. The van der Waals surface area contributed by atoms with Gasteiger partial charge >= 0.3 is 6.18 Å². The van der Waals surface area contributed by atoms with Gasteiger partial charge in [0.2, 0.25) is 0 Å². The highest BCUT2D eigenvalue weighted by molar-refractivity contribution is 5.39. The first kappa shape index (κ1) is 14.8. The molecule has 0 radical (unpaired) electrons. The molecular formula is C13H18F3NO. The number of nitrogens with two attached hydrogens (primary N) is 1. The van der Waals surface area contributed by atoms with Gasteiger partial charge in [0.05, 0.1) is 12.7 Å². The van der Waals surface area contributed by atoms with E-state index in [2.05, 4.69) is 0 Å². The van der Waals surface area contributed by atoms with E-state index in [4.69, 9.17) is 10.5 Å². The van der Waals surface area contributed by atoms with E-state index in [0.717, 1.165) is 6.07 Å². The van der Waals surface area contributed by atoms with Gasteiger partial charge in [0.1, 0.15) is 5.75 Å². The van der Waals surface area contributed by atoms with Crippen molar-refractivity contribution in [3.63, 3.8) is 0 Å². The molecule has 0 aromatic heterocycles. The molecule has 18 heavy (non-hydrogen) atoms. The van der Waals surface area contributed by atoms with Gasteiger partial charge in [-0.15, -0.1) is 0 Å². The Bertz CT molecular complexity index is 421. The SMILES string of the molecule is COc1ccc([C@H](N)C(C)(C)C)c(C(F)(F)F)c1. The molecule has 0 aliphatic carbocycles. The lowest BCUT2D eigenvalue weighted by Gasteiger charge is -2.29. The Morgan fingerprint density at radius 3 is 2.11 bits per heavy atom. The summed E-state index contributed by atoms with van der Waals surface area (Å²) < 4.78 is 43.8. The Hall–Kier alpha value is -1.23. The minimum Gasteiger partial charge on any atom is -0.497 e. The second kappa shape index (κ2) is 4.80. The lowest BCUT2D eigenvalue weighted by Crippen LogP contribution is -2.28. The summed E-state index contributed by atoms with van der Waals surface area (Å²) in [6.07, 6.45) is -4.44. The fourth-order valence-corrected chi connectivity index (χ4v) is 1.65. The van der Waals surface area contributed by atoms with E-state index in [1.165, 1.54) is 19.2 Å². The third-order valence-corrected chi connectivity index (χ3v) is 2.83. The van der Waals surface area contributed by atoms with Crippen LogP contribution in [0, 0.1) is 5.41 Å². The molecular weight excluding hydrogens is 243 g/mol. The second-order valence-electron chi connectivity index (χ2n) is 5.29. The van der Waals surface area contributed by atoms with Crippen LogP contribution in [0.5, 0.6) is 5.75 Å². The van der Waals surface area contributed by atoms with Crippen LogP contribution < -0.4 is 10.5 Å². The van der Waals surface area contributed by atoms with Crippen molar-refractivity contribution in [1.82, 2.24) is 0 Å². The van der Waals surface area contributed by atoms with E-state index in [0.29, 0.717) is 0 Å². The molecule has 0 unspecified atom stereocenters. The highest BCUT2D eigenvalue weighted by atomic mass is 19.4. The van der Waals surface area contributed by atoms with E-state index < -0.39 is 23.2 Å². The summed E-state index contributed by atoms with van der Waals surface area (Å²) in [4.78, 5) is 0. The molecule has 5 heteroatoms. The number of hydrogen-bond donors (Lipinski definition) is 1. The van der Waals surface area contributed by atoms with Crippen LogP contribution >= 0.6 is 0 Å². The van der Waals surface area contributed by atoms with Crippen molar-refractivity contribution in [3.8, 4) is 5.75 Å². The van der Waals surface area contributed by atoms with Crippen molar-refractivity contribution in [2.24, 2.45) is 11.1 Å². The largest absolute Gasteiger partial charge is 0.497 e. The standard InChI is InChI=1S/C13H18F3NO/c1-12(2,3)11(17)9-6-5-8(18-4)7-10(9)13(14,15)16/h5-7,11H,17H2,1-4H3/t11-/m0/s1. The lowest BCUT2D eigenvalue weighted by atomic mass is 9.81. The van der Waals surface area contributed by atoms with Crippen LogP contribution in [0.3, 0.4) is 0 Å². The van der Waals surface area contributed by atoms with Gasteiger partial charge in [0.25, 0.3) is 0 Å². The molecule has 0 aliphatic heterocycles. The van der Waals surface area contributed by atoms with E-state index in [1.807, 2.05) is 20.8 Å². The predicted molar refractivity (Wildman–Crippen MR) is 64.4 cm³/mol. The normalized spacial score (nSPS) is 14.4. The molecule has 1 aromatic rings. The van der Waals surface area contributed by atoms with Gasteiger partial charge in [-0.1, -0.05) is 26.8 Å². The third-order valence-electron chi connectivity index (χ3n) is 2.83. The van der Waals surface area contributed by atoms with E-state index in [-0.39, 0.29) is 11.3 Å². The van der Waals surface area contributed by atoms with Crippen molar-refractivity contribution in [1.29, 1.82) is 0 Å². The monoisotopic (exact) mass is 261 g/mol. The van der Waals surface area contributed by atoms with Crippen LogP contribution in [0.4, 0.5) is 13.2 Å². The van der Waals surface area contributed by atoms with Gasteiger partial charge in [0.15, 0.2) is 0 Å². The average molecular weight is 261 g/mol. The third kappa shape index (κ3) is 3.16. The van der Waals surface area contributed by atoms with Crippen LogP contribution in [0.2, 0.25) is 0 Å². The molecule has 0 bridgehead atoms. The molecule has 1 rings (SSSR count). The number of methoxy groups -OCH3 is 1. The summed E-state index contributed by atoms with van der Waals surface area (Å²) in [5.74, 6) is 0.173. The maximum atomic E-state index is 13.0. The smallest absolute Gasteiger partial charge is 0.416 e. The highest BCUT2D eigenvalue weighted by Gasteiger charge is 2.37. The Morgan fingerprint density at radius 2 is 1.72 bits per heavy atom. The summed E-state index contributed by atoms with van der Waals surface area (Å²) in [7, 11) is 1.33. The van der Waals surface area contributed by atoms with Gasteiger partial charge in [-0.3, -0.25) is 0 Å². The first-order valence-corrected chi connectivity index (χ1v) is 5.58. The summed E-state index contributed by atoms with van der Waals surface area (Å²) >= 11 is 0. The molecule has 0 amide bonds. The summed E-state index contributed by atoms with van der Waals surface area (Å²) in [5.41, 5.74) is 4.83. The summed E-state index contributed by atoms with van der Waals surface area (Å²) in [6, 6.07) is 3.18. The Morgan fingerprint density at radius 1 is 1.17 bits per heavy atom. The zero-order chi connectivity index (χ0) is 14.1. The molecule has 0 spiro atoms. The Labute approximate surface area is 105 Å². The quantitative estimate of drug-likeness (QED) is 0.879. The molecule has 0 aliphatic rings. The first-order valence-electron chi connectivity index (χ1n) is 5.58. The van der Waals surface area contributed by atoms with E-state index in [1.54, 1.807) is 0 Å². The molecule has 0 heterocycles. The van der Waals surface area contributed by atoms with Crippen molar-refractivity contribution in [2.75, 3.05) is 7.11 Å². The minimum absolute atomic E-state index is 0.0933. The zero-order valence-electron chi connectivity index (χ0n) is 10.9. The maximum absolute atomic E-state index is 13.0. The van der Waals surface area contributed by atoms with Crippen LogP contribution in [0.25, 0.3) is 0 Å². The van der Waals surface area contributed by atoms with Crippen LogP contribution in [-0.2, 0) is 6.18 Å². The molecule has 1 atom stereocenters. The van der Waals surface area contributed by atoms with Crippen molar-refractivity contribution < 1.29 is 17.9 Å². The number of hydrogen-bond acceptors (Lipinski definition) is 2. The fraction of sp³-hybridized carbons (Fsp3) is 0.538. The summed E-state index contributed by atoms with van der Waals surface area (Å²) in [5, 5.41) is 0. The van der Waals surface area contributed by atoms with Gasteiger partial charge < -0.3 is 10.5 Å². The zero-order valence-corrected chi connectivity index (χ0v) is 10.9. The predicted octanol–water partition coefficient (Wildman–Crippen LogP) is 3.76. The van der Waals surface area contributed by atoms with Crippen LogP contribution in [0.1, 0.15) is 37.9 Å². The van der Waals surface area contributed by atoms with Crippen molar-refractivity contribution >= 4 is 0 Å². The number of halogens is 3. The van der Waals surface area contributed by atoms with Crippen molar-refractivity contribution in [3.05, 3.63) is 29.3 Å². The van der Waals surface area contributed by atoms with Crippen LogP contribution in [0.15, 0.2) is 18.2 Å². The molecule has 0 saturated heterocycles. The van der Waals surface area contributed by atoms with Crippen molar-refractivity contribution in [2.45, 2.75) is 33.0 Å². The Kier molecular flexibility index (Phi) is 3.96. The molecule has 0 saturated carbocycles. The van der Waals surface area contributed by atoms with Gasteiger partial charge in [-0.05, 0) is 23.1 Å². The van der Waals surface area contributed by atoms with Gasteiger partial charge in [-0.2, -0.15) is 13.2 Å². The maximum Gasteiger partial charge on any atom is 0.416 e. The van der Waals surface area contributed by atoms with Gasteiger partial charge in [-0.25, -0.2) is 0 Å². The topological polar surface area (TPSA) is 35.2 Å². The number of alkyl halides is 3. The minimum atomic E-state index is -4.44. The molecule has 2 nitrogen and oxygen atoms in total. The first-order chi connectivity index (χ1) is 8.07. The van der Waals surface area contributed by atoms with E-state index >= 15 is 0 Å². The number of ether oxygens (including phenoxy) is 1. The fourth-order valence-electron chi connectivity index (χ4n) is 1.65. The highest BCUT2D eigenvalue weighted by Crippen LogP contribution is 2.40. The van der Waals surface area contributed by atoms with Crippen LogP contribution in [-0.4, -0.2) is 7.11 Å². The average Bonchev–Trinajstić information content (AvgIpc) is 2.24. The summed E-state index contributed by atoms with van der Waals surface area (Å²) in [6.45, 7) is 5.42. The molecule has 0 fully saturated rings. The lowest BCUT2D eigenvalue weighted by molar-refractivity contribution is -0.138. The van der Waals surface area contributed by atoms with E-state index in [9.17, 15) is 13.2 Å².